The van der Waals surface area contributed by atoms with Gasteiger partial charge < -0.3 is 15.8 Å². The molecule has 1 heterocycles. The Kier molecular flexibility index (Phi) is 10.2. The SMILES string of the molecule is COc1ccc(C(CNC(=O)CN)N2CCCC2)cc1.Cl.Cl. The summed E-state index contributed by atoms with van der Waals surface area (Å²) in [6.07, 6.45) is 2.44. The van der Waals surface area contributed by atoms with Crippen LogP contribution in [-0.4, -0.2) is 44.1 Å². The quantitative estimate of drug-likeness (QED) is 0.820. The molecule has 0 bridgehead atoms. The summed E-state index contributed by atoms with van der Waals surface area (Å²) in [5.74, 6) is 0.739. The second-order valence-electron chi connectivity index (χ2n) is 5.04. The van der Waals surface area contributed by atoms with Crippen molar-refractivity contribution in [2.45, 2.75) is 18.9 Å². The Hall–Kier alpha value is -1.01. The molecule has 1 aromatic rings. The Morgan fingerprint density at radius 1 is 1.27 bits per heavy atom. The molecule has 126 valence electrons. The van der Waals surface area contributed by atoms with Crippen molar-refractivity contribution in [2.75, 3.05) is 33.3 Å². The first kappa shape index (κ1) is 21.0. The lowest BCUT2D eigenvalue weighted by atomic mass is 10.1. The van der Waals surface area contributed by atoms with Crippen molar-refractivity contribution < 1.29 is 9.53 Å². The van der Waals surface area contributed by atoms with Crippen molar-refractivity contribution in [2.24, 2.45) is 5.73 Å². The third kappa shape index (κ3) is 5.65. The van der Waals surface area contributed by atoms with Crippen LogP contribution in [-0.2, 0) is 4.79 Å². The molecule has 1 fully saturated rings. The number of amides is 1. The highest BCUT2D eigenvalue weighted by molar-refractivity contribution is 5.85. The van der Waals surface area contributed by atoms with Crippen molar-refractivity contribution >= 4 is 30.7 Å². The van der Waals surface area contributed by atoms with Gasteiger partial charge in [0.15, 0.2) is 0 Å². The molecule has 3 N–H and O–H groups in total. The highest BCUT2D eigenvalue weighted by Gasteiger charge is 2.23. The first-order valence-electron chi connectivity index (χ1n) is 7.09. The molecule has 5 nitrogen and oxygen atoms in total. The second kappa shape index (κ2) is 10.7. The average Bonchev–Trinajstić information content (AvgIpc) is 3.02. The van der Waals surface area contributed by atoms with Gasteiger partial charge >= 0.3 is 0 Å². The van der Waals surface area contributed by atoms with E-state index in [0.717, 1.165) is 18.8 Å². The summed E-state index contributed by atoms with van der Waals surface area (Å²) in [7, 11) is 1.66. The van der Waals surface area contributed by atoms with E-state index in [1.54, 1.807) is 7.11 Å². The van der Waals surface area contributed by atoms with Crippen LogP contribution < -0.4 is 15.8 Å². The number of hydrogen-bond acceptors (Lipinski definition) is 4. The molecule has 2 rings (SSSR count). The maximum Gasteiger partial charge on any atom is 0.233 e. The number of carbonyl (C=O) groups is 1. The molecule has 0 aliphatic carbocycles. The topological polar surface area (TPSA) is 67.6 Å². The molecule has 0 spiro atoms. The van der Waals surface area contributed by atoms with Crippen LogP contribution in [0.15, 0.2) is 24.3 Å². The maximum absolute atomic E-state index is 11.4. The lowest BCUT2D eigenvalue weighted by Crippen LogP contribution is -2.39. The third-order valence-corrected chi connectivity index (χ3v) is 3.76. The number of methoxy groups -OCH3 is 1. The van der Waals surface area contributed by atoms with Crippen LogP contribution in [0.1, 0.15) is 24.4 Å². The minimum atomic E-state index is -0.109. The fraction of sp³-hybridized carbons (Fsp3) is 0.533. The number of hydrogen-bond donors (Lipinski definition) is 2. The van der Waals surface area contributed by atoms with E-state index >= 15 is 0 Å². The number of benzene rings is 1. The van der Waals surface area contributed by atoms with Gasteiger partial charge in [-0.25, -0.2) is 0 Å². The van der Waals surface area contributed by atoms with Crippen molar-refractivity contribution in [1.82, 2.24) is 10.2 Å². The molecular weight excluding hydrogens is 325 g/mol. The van der Waals surface area contributed by atoms with Gasteiger partial charge in [-0.3, -0.25) is 9.69 Å². The van der Waals surface area contributed by atoms with Gasteiger partial charge in [0.2, 0.25) is 5.91 Å². The normalized spacial score (nSPS) is 15.4. The number of halogens is 2. The summed E-state index contributed by atoms with van der Waals surface area (Å²) < 4.78 is 5.19. The van der Waals surface area contributed by atoms with Gasteiger partial charge in [0, 0.05) is 6.54 Å². The van der Waals surface area contributed by atoms with E-state index < -0.39 is 0 Å². The Morgan fingerprint density at radius 2 is 1.86 bits per heavy atom. The predicted octanol–water partition coefficient (Wildman–Crippen LogP) is 1.75. The zero-order valence-corrected chi connectivity index (χ0v) is 14.4. The number of nitrogens with two attached hydrogens (primary N) is 1. The fourth-order valence-electron chi connectivity index (χ4n) is 2.62. The Morgan fingerprint density at radius 3 is 2.36 bits per heavy atom. The largest absolute Gasteiger partial charge is 0.497 e. The highest BCUT2D eigenvalue weighted by Crippen LogP contribution is 2.26. The lowest BCUT2D eigenvalue weighted by molar-refractivity contribution is -0.119. The molecule has 7 heteroatoms. The van der Waals surface area contributed by atoms with Crippen LogP contribution in [0.2, 0.25) is 0 Å². The van der Waals surface area contributed by atoms with E-state index in [9.17, 15) is 4.79 Å². The van der Waals surface area contributed by atoms with Crippen LogP contribution in [0.3, 0.4) is 0 Å². The number of nitrogens with zero attached hydrogens (tertiary/aromatic N) is 1. The van der Waals surface area contributed by atoms with Crippen LogP contribution in [0.25, 0.3) is 0 Å². The number of nitrogens with one attached hydrogen (secondary N) is 1. The molecule has 0 radical (unpaired) electrons. The summed E-state index contributed by atoms with van der Waals surface area (Å²) in [4.78, 5) is 13.8. The maximum atomic E-state index is 11.4. The molecule has 1 aromatic carbocycles. The van der Waals surface area contributed by atoms with Crippen molar-refractivity contribution in [1.29, 1.82) is 0 Å². The van der Waals surface area contributed by atoms with E-state index in [2.05, 4.69) is 22.3 Å². The molecule has 22 heavy (non-hydrogen) atoms. The first-order valence-corrected chi connectivity index (χ1v) is 7.09. The van der Waals surface area contributed by atoms with E-state index in [-0.39, 0.29) is 43.3 Å². The van der Waals surface area contributed by atoms with Gasteiger partial charge in [0.05, 0.1) is 19.7 Å². The van der Waals surface area contributed by atoms with Crippen molar-refractivity contribution in [3.8, 4) is 5.75 Å². The van der Waals surface area contributed by atoms with E-state index in [0.29, 0.717) is 6.54 Å². The van der Waals surface area contributed by atoms with Crippen molar-refractivity contribution in [3.63, 3.8) is 0 Å². The van der Waals surface area contributed by atoms with Crippen LogP contribution in [0.5, 0.6) is 5.75 Å². The van der Waals surface area contributed by atoms with Gasteiger partial charge in [-0.05, 0) is 43.6 Å². The molecule has 1 unspecified atom stereocenters. The van der Waals surface area contributed by atoms with Crippen LogP contribution in [0, 0.1) is 0 Å². The molecule has 1 saturated heterocycles. The molecule has 1 aliphatic heterocycles. The Balaban J connectivity index is 0.00000220. The zero-order valence-electron chi connectivity index (χ0n) is 12.8. The summed E-state index contributed by atoms with van der Waals surface area (Å²) in [6, 6.07) is 8.26. The summed E-state index contributed by atoms with van der Waals surface area (Å²) in [5, 5.41) is 2.90. The number of ether oxygens (including phenoxy) is 1. The van der Waals surface area contributed by atoms with Crippen molar-refractivity contribution in [3.05, 3.63) is 29.8 Å². The first-order chi connectivity index (χ1) is 9.74. The minimum Gasteiger partial charge on any atom is -0.497 e. The Bertz CT molecular complexity index is 437. The van der Waals surface area contributed by atoms with Gasteiger partial charge in [-0.15, -0.1) is 24.8 Å². The zero-order chi connectivity index (χ0) is 14.4. The predicted molar refractivity (Wildman–Crippen MR) is 93.1 cm³/mol. The molecule has 1 aliphatic rings. The summed E-state index contributed by atoms with van der Waals surface area (Å²) >= 11 is 0. The van der Waals surface area contributed by atoms with Gasteiger partial charge in [0.1, 0.15) is 5.75 Å². The van der Waals surface area contributed by atoms with Crippen LogP contribution in [0.4, 0.5) is 0 Å². The molecule has 1 amide bonds. The van der Waals surface area contributed by atoms with Gasteiger partial charge in [-0.1, -0.05) is 12.1 Å². The highest BCUT2D eigenvalue weighted by atomic mass is 35.5. The second-order valence-corrected chi connectivity index (χ2v) is 5.04. The van der Waals surface area contributed by atoms with E-state index in [1.165, 1.54) is 18.4 Å². The average molecular weight is 350 g/mol. The van der Waals surface area contributed by atoms with E-state index in [1.807, 2.05) is 12.1 Å². The standard InChI is InChI=1S/C15H23N3O2.2ClH/c1-20-13-6-4-12(5-7-13)14(11-17-15(19)10-16)18-8-2-3-9-18;;/h4-7,14H,2-3,8-11,16H2,1H3,(H,17,19);2*1H. The molecular formula is C15H25Cl2N3O2. The minimum absolute atomic E-state index is 0. The fourth-order valence-corrected chi connectivity index (χ4v) is 2.62. The summed E-state index contributed by atoms with van der Waals surface area (Å²) in [5.41, 5.74) is 6.55. The van der Waals surface area contributed by atoms with E-state index in [4.69, 9.17) is 10.5 Å². The third-order valence-electron chi connectivity index (χ3n) is 3.76. The number of rotatable bonds is 6. The Labute approximate surface area is 144 Å². The monoisotopic (exact) mass is 349 g/mol. The molecule has 0 saturated carbocycles. The number of carbonyl (C=O) groups excluding carboxylic acids is 1. The smallest absolute Gasteiger partial charge is 0.233 e. The number of likely N-dealkylation sites (tertiary alicyclic amines) is 1. The van der Waals surface area contributed by atoms with Gasteiger partial charge in [-0.2, -0.15) is 0 Å². The van der Waals surface area contributed by atoms with Gasteiger partial charge in [0.25, 0.3) is 0 Å². The lowest BCUT2D eigenvalue weighted by Gasteiger charge is -2.28. The molecule has 0 aromatic heterocycles. The van der Waals surface area contributed by atoms with Crippen LogP contribution >= 0.6 is 24.8 Å². The summed E-state index contributed by atoms with van der Waals surface area (Å²) in [6.45, 7) is 2.79. The molecule has 1 atom stereocenters.